The molecule has 9 heteroatoms. The van der Waals surface area contributed by atoms with Gasteiger partial charge in [-0.1, -0.05) is 39.0 Å². The first-order valence-corrected chi connectivity index (χ1v) is 11.2. The number of hydrogen-bond acceptors (Lipinski definition) is 6. The molecule has 1 atom stereocenters. The van der Waals surface area contributed by atoms with E-state index in [1.807, 2.05) is 4.90 Å². The third-order valence-electron chi connectivity index (χ3n) is 5.30. The number of nitrogens with one attached hydrogen (secondary N) is 2. The summed E-state index contributed by atoms with van der Waals surface area (Å²) in [5.41, 5.74) is 1.59. The number of urea groups is 1. The van der Waals surface area contributed by atoms with Crippen LogP contribution in [0.15, 0.2) is 5.51 Å². The maximum atomic E-state index is 12.6. The standard InChI is InChI=1S/C19H34N6O2S/c1-5-24(6-2)16(11-14(3)4)12-20-19(27)25-9-7-15(8-10-25)17(26)22-18-23-21-13-28-18/h13-16H,5-12H2,1-4H3,(H,20,27)(H,22,23,26). The fraction of sp³-hybridized carbons (Fsp3) is 0.789. The maximum absolute atomic E-state index is 12.6. The van der Waals surface area contributed by atoms with Gasteiger partial charge in [0.1, 0.15) is 5.51 Å². The summed E-state index contributed by atoms with van der Waals surface area (Å²) in [6.45, 7) is 12.6. The van der Waals surface area contributed by atoms with Crippen LogP contribution in [0.1, 0.15) is 47.0 Å². The molecular weight excluding hydrogens is 376 g/mol. The second-order valence-electron chi connectivity index (χ2n) is 7.69. The summed E-state index contributed by atoms with van der Waals surface area (Å²) in [5, 5.41) is 14.0. The minimum Gasteiger partial charge on any atom is -0.336 e. The molecule has 0 saturated carbocycles. The zero-order valence-electron chi connectivity index (χ0n) is 17.5. The number of carbonyl (C=O) groups is 2. The monoisotopic (exact) mass is 410 g/mol. The van der Waals surface area contributed by atoms with Crippen molar-refractivity contribution in [1.82, 2.24) is 25.3 Å². The number of hydrogen-bond donors (Lipinski definition) is 2. The highest BCUT2D eigenvalue weighted by Gasteiger charge is 2.28. The van der Waals surface area contributed by atoms with E-state index in [1.165, 1.54) is 11.3 Å². The molecule has 2 heterocycles. The van der Waals surface area contributed by atoms with Crippen molar-refractivity contribution in [2.24, 2.45) is 11.8 Å². The molecule has 0 spiro atoms. The number of likely N-dealkylation sites (tertiary alicyclic amines) is 1. The second-order valence-corrected chi connectivity index (χ2v) is 8.52. The minimum atomic E-state index is -0.0858. The summed E-state index contributed by atoms with van der Waals surface area (Å²) in [6, 6.07) is 0.332. The fourth-order valence-electron chi connectivity index (χ4n) is 3.74. The molecule has 0 radical (unpaired) electrons. The van der Waals surface area contributed by atoms with E-state index in [4.69, 9.17) is 0 Å². The summed E-state index contributed by atoms with van der Waals surface area (Å²) >= 11 is 1.31. The van der Waals surface area contributed by atoms with Gasteiger partial charge < -0.3 is 15.5 Å². The second kappa shape index (κ2) is 11.3. The molecule has 0 aromatic carbocycles. The lowest BCUT2D eigenvalue weighted by molar-refractivity contribution is -0.121. The van der Waals surface area contributed by atoms with Gasteiger partial charge in [0.05, 0.1) is 0 Å². The van der Waals surface area contributed by atoms with Gasteiger partial charge in [0.25, 0.3) is 0 Å². The lowest BCUT2D eigenvalue weighted by atomic mass is 9.96. The van der Waals surface area contributed by atoms with Gasteiger partial charge in [-0.3, -0.25) is 9.69 Å². The number of rotatable bonds is 9. The van der Waals surface area contributed by atoms with Crippen LogP contribution in [-0.4, -0.2) is 70.7 Å². The summed E-state index contributed by atoms with van der Waals surface area (Å²) < 4.78 is 0. The van der Waals surface area contributed by atoms with Crippen molar-refractivity contribution >= 4 is 28.4 Å². The normalized spacial score (nSPS) is 16.4. The Hall–Kier alpha value is -1.74. The molecule has 158 valence electrons. The van der Waals surface area contributed by atoms with Crippen LogP contribution in [-0.2, 0) is 4.79 Å². The third-order valence-corrected chi connectivity index (χ3v) is 5.91. The Morgan fingerprint density at radius 1 is 1.29 bits per heavy atom. The SMILES string of the molecule is CCN(CC)C(CNC(=O)N1CCC(C(=O)Nc2nncs2)CC1)CC(C)C. The Morgan fingerprint density at radius 2 is 1.96 bits per heavy atom. The van der Waals surface area contributed by atoms with Crippen molar-refractivity contribution in [2.45, 2.75) is 53.0 Å². The Kier molecular flexibility index (Phi) is 9.11. The Bertz CT molecular complexity index is 598. The molecule has 1 aliphatic rings. The van der Waals surface area contributed by atoms with Gasteiger partial charge in [-0.2, -0.15) is 0 Å². The molecule has 28 heavy (non-hydrogen) atoms. The molecule has 1 aromatic rings. The lowest BCUT2D eigenvalue weighted by Gasteiger charge is -2.34. The van der Waals surface area contributed by atoms with E-state index in [0.717, 1.165) is 19.5 Å². The smallest absolute Gasteiger partial charge is 0.317 e. The molecule has 1 unspecified atom stereocenters. The fourth-order valence-corrected chi connectivity index (χ4v) is 4.19. The van der Waals surface area contributed by atoms with Crippen LogP contribution in [0.3, 0.4) is 0 Å². The van der Waals surface area contributed by atoms with Crippen molar-refractivity contribution in [3.63, 3.8) is 0 Å². The van der Waals surface area contributed by atoms with Crippen LogP contribution in [0, 0.1) is 11.8 Å². The van der Waals surface area contributed by atoms with Gasteiger partial charge in [0.2, 0.25) is 11.0 Å². The molecule has 1 aliphatic heterocycles. The molecule has 2 rings (SSSR count). The first kappa shape index (κ1) is 22.5. The van der Waals surface area contributed by atoms with Crippen LogP contribution in [0.2, 0.25) is 0 Å². The number of amides is 3. The number of aromatic nitrogens is 2. The molecule has 0 bridgehead atoms. The highest BCUT2D eigenvalue weighted by Crippen LogP contribution is 2.20. The van der Waals surface area contributed by atoms with Crippen molar-refractivity contribution < 1.29 is 9.59 Å². The highest BCUT2D eigenvalue weighted by atomic mass is 32.1. The van der Waals surface area contributed by atoms with E-state index in [-0.39, 0.29) is 17.9 Å². The van der Waals surface area contributed by atoms with E-state index in [2.05, 4.69) is 53.4 Å². The maximum Gasteiger partial charge on any atom is 0.317 e. The molecule has 3 amide bonds. The number of piperidine rings is 1. The summed E-state index contributed by atoms with van der Waals surface area (Å²) in [5.74, 6) is 0.470. The van der Waals surface area contributed by atoms with Crippen molar-refractivity contribution in [1.29, 1.82) is 0 Å². The van der Waals surface area contributed by atoms with E-state index >= 15 is 0 Å². The molecule has 0 aliphatic carbocycles. The number of anilines is 1. The highest BCUT2D eigenvalue weighted by molar-refractivity contribution is 7.13. The summed E-state index contributed by atoms with van der Waals surface area (Å²) in [4.78, 5) is 29.1. The molecule has 8 nitrogen and oxygen atoms in total. The molecule has 1 saturated heterocycles. The Labute approximate surface area is 172 Å². The predicted octanol–water partition coefficient (Wildman–Crippen LogP) is 2.65. The molecule has 1 aromatic heterocycles. The average Bonchev–Trinajstić information content (AvgIpc) is 3.19. The molecule has 2 N–H and O–H groups in total. The first-order chi connectivity index (χ1) is 13.4. The predicted molar refractivity (Wildman–Crippen MR) is 112 cm³/mol. The van der Waals surface area contributed by atoms with E-state index in [0.29, 0.717) is 49.6 Å². The van der Waals surface area contributed by atoms with Crippen molar-refractivity contribution in [3.8, 4) is 0 Å². The van der Waals surface area contributed by atoms with Crippen LogP contribution in [0.5, 0.6) is 0 Å². The number of likely N-dealkylation sites (N-methyl/N-ethyl adjacent to an activating group) is 1. The van der Waals surface area contributed by atoms with Crippen LogP contribution < -0.4 is 10.6 Å². The van der Waals surface area contributed by atoms with Gasteiger partial charge in [-0.25, -0.2) is 4.79 Å². The largest absolute Gasteiger partial charge is 0.336 e. The van der Waals surface area contributed by atoms with Gasteiger partial charge >= 0.3 is 6.03 Å². The molecule has 1 fully saturated rings. The lowest BCUT2D eigenvalue weighted by Crippen LogP contribution is -2.50. The topological polar surface area (TPSA) is 90.5 Å². The number of nitrogens with zero attached hydrogens (tertiary/aromatic N) is 4. The zero-order chi connectivity index (χ0) is 20.5. The van der Waals surface area contributed by atoms with Gasteiger partial charge in [-0.15, -0.1) is 10.2 Å². The quantitative estimate of drug-likeness (QED) is 0.653. The van der Waals surface area contributed by atoms with E-state index in [9.17, 15) is 9.59 Å². The van der Waals surface area contributed by atoms with Crippen molar-refractivity contribution in [2.75, 3.05) is 38.0 Å². The van der Waals surface area contributed by atoms with E-state index in [1.54, 1.807) is 5.51 Å². The van der Waals surface area contributed by atoms with Crippen molar-refractivity contribution in [3.05, 3.63) is 5.51 Å². The van der Waals surface area contributed by atoms with Crippen LogP contribution in [0.25, 0.3) is 0 Å². The Balaban J connectivity index is 1.78. The van der Waals surface area contributed by atoms with E-state index < -0.39 is 0 Å². The van der Waals surface area contributed by atoms with Gasteiger partial charge in [-0.05, 0) is 38.3 Å². The van der Waals surface area contributed by atoms with Gasteiger partial charge in [0, 0.05) is 31.6 Å². The summed E-state index contributed by atoms with van der Waals surface area (Å²) in [6.07, 6.45) is 2.41. The van der Waals surface area contributed by atoms with Crippen LogP contribution in [0.4, 0.5) is 9.93 Å². The third kappa shape index (κ3) is 6.70. The molecular formula is C19H34N6O2S. The zero-order valence-corrected chi connectivity index (χ0v) is 18.3. The summed E-state index contributed by atoms with van der Waals surface area (Å²) in [7, 11) is 0. The minimum absolute atomic E-state index is 0.0242. The average molecular weight is 411 g/mol. The van der Waals surface area contributed by atoms with Crippen LogP contribution >= 0.6 is 11.3 Å². The first-order valence-electron chi connectivity index (χ1n) is 10.3. The van der Waals surface area contributed by atoms with Gasteiger partial charge in [0.15, 0.2) is 0 Å². The number of carbonyl (C=O) groups excluding carboxylic acids is 2. The Morgan fingerprint density at radius 3 is 2.50 bits per heavy atom.